The van der Waals surface area contributed by atoms with Crippen molar-refractivity contribution < 1.29 is 0 Å². The molecule has 0 spiro atoms. The van der Waals surface area contributed by atoms with Crippen molar-refractivity contribution in [3.05, 3.63) is 51.5 Å². The van der Waals surface area contributed by atoms with Crippen molar-refractivity contribution in [3.8, 4) is 0 Å². The summed E-state index contributed by atoms with van der Waals surface area (Å²) in [6.07, 6.45) is 3.81. The molecule has 0 unspecified atom stereocenters. The molecule has 0 atom stereocenters. The smallest absolute Gasteiger partial charge is 0.122 e. The molecule has 108 valence electrons. The van der Waals surface area contributed by atoms with Crippen molar-refractivity contribution in [1.82, 2.24) is 14.9 Å². The maximum Gasteiger partial charge on any atom is 0.122 e. The molecule has 1 N–H and O–H groups in total. The summed E-state index contributed by atoms with van der Waals surface area (Å²) in [5.41, 5.74) is 1.16. The Bertz CT molecular complexity index is 587. The first-order valence-electron chi connectivity index (χ1n) is 6.54. The molecule has 0 aliphatic heterocycles. The van der Waals surface area contributed by atoms with Crippen molar-refractivity contribution >= 4 is 27.5 Å². The minimum Gasteiger partial charge on any atom is -0.329 e. The van der Waals surface area contributed by atoms with Crippen molar-refractivity contribution in [1.29, 1.82) is 0 Å². The fourth-order valence-corrected chi connectivity index (χ4v) is 2.56. The fraction of sp³-hybridized carbons (Fsp3) is 0.400. The summed E-state index contributed by atoms with van der Waals surface area (Å²) < 4.78 is 3.11. The first-order valence-corrected chi connectivity index (χ1v) is 7.71. The zero-order valence-corrected chi connectivity index (χ0v) is 14.3. The highest BCUT2D eigenvalue weighted by Gasteiger charge is 2.11. The lowest BCUT2D eigenvalue weighted by atomic mass is 10.1. The van der Waals surface area contributed by atoms with Crippen molar-refractivity contribution in [3.63, 3.8) is 0 Å². The molecular formula is C15H19BrClN3. The molecular weight excluding hydrogens is 338 g/mol. The van der Waals surface area contributed by atoms with Gasteiger partial charge in [0, 0.05) is 27.4 Å². The van der Waals surface area contributed by atoms with Crippen LogP contribution in [-0.2, 0) is 13.1 Å². The number of benzene rings is 1. The molecule has 0 amide bonds. The standard InChI is InChI=1S/C15H19BrClN3/c1-15(2,3)19-9-14-18-6-7-20(14)10-11-4-5-12(16)8-13(11)17/h4-8,19H,9-10H2,1-3H3. The molecule has 5 heteroatoms. The zero-order valence-electron chi connectivity index (χ0n) is 12.0. The van der Waals surface area contributed by atoms with E-state index in [0.717, 1.165) is 34.0 Å². The maximum absolute atomic E-state index is 6.27. The number of hydrogen-bond donors (Lipinski definition) is 1. The van der Waals surface area contributed by atoms with Crippen LogP contribution in [0.2, 0.25) is 5.02 Å². The average molecular weight is 357 g/mol. The Balaban J connectivity index is 2.12. The molecule has 0 aliphatic carbocycles. The molecule has 1 aromatic carbocycles. The number of hydrogen-bond acceptors (Lipinski definition) is 2. The normalized spacial score (nSPS) is 11.8. The zero-order chi connectivity index (χ0) is 14.8. The third-order valence-electron chi connectivity index (χ3n) is 2.93. The molecule has 1 heterocycles. The SMILES string of the molecule is CC(C)(C)NCc1nccn1Cc1ccc(Br)cc1Cl. The minimum absolute atomic E-state index is 0.0754. The van der Waals surface area contributed by atoms with E-state index < -0.39 is 0 Å². The van der Waals surface area contributed by atoms with Gasteiger partial charge in [-0.2, -0.15) is 0 Å². The Morgan fingerprint density at radius 1 is 1.35 bits per heavy atom. The Kier molecular flexibility index (Phi) is 4.89. The van der Waals surface area contributed by atoms with Crippen LogP contribution in [0.25, 0.3) is 0 Å². The van der Waals surface area contributed by atoms with E-state index in [9.17, 15) is 0 Å². The van der Waals surface area contributed by atoms with E-state index in [2.05, 4.69) is 51.6 Å². The molecule has 0 saturated carbocycles. The summed E-state index contributed by atoms with van der Waals surface area (Å²) in [6.45, 7) is 7.90. The van der Waals surface area contributed by atoms with Gasteiger partial charge in [0.05, 0.1) is 13.1 Å². The highest BCUT2D eigenvalue weighted by Crippen LogP contribution is 2.22. The topological polar surface area (TPSA) is 29.9 Å². The number of nitrogens with zero attached hydrogens (tertiary/aromatic N) is 2. The predicted molar refractivity (Wildman–Crippen MR) is 87.1 cm³/mol. The lowest BCUT2D eigenvalue weighted by Crippen LogP contribution is -2.36. The number of halogens is 2. The summed E-state index contributed by atoms with van der Waals surface area (Å²) in [4.78, 5) is 4.41. The van der Waals surface area contributed by atoms with Gasteiger partial charge in [0.2, 0.25) is 0 Å². The van der Waals surface area contributed by atoms with Gasteiger partial charge in [-0.15, -0.1) is 0 Å². The molecule has 0 radical (unpaired) electrons. The van der Waals surface area contributed by atoms with Crippen molar-refractivity contribution in [2.75, 3.05) is 0 Å². The second-order valence-electron chi connectivity index (χ2n) is 5.81. The van der Waals surface area contributed by atoms with Crippen molar-refractivity contribution in [2.45, 2.75) is 39.4 Å². The van der Waals surface area contributed by atoms with E-state index in [1.165, 1.54) is 0 Å². The van der Waals surface area contributed by atoms with Gasteiger partial charge in [0.1, 0.15) is 5.82 Å². The number of nitrogens with one attached hydrogen (secondary N) is 1. The quantitative estimate of drug-likeness (QED) is 0.888. The van der Waals surface area contributed by atoms with E-state index in [-0.39, 0.29) is 5.54 Å². The lowest BCUT2D eigenvalue weighted by Gasteiger charge is -2.20. The molecule has 20 heavy (non-hydrogen) atoms. The van der Waals surface area contributed by atoms with Crippen LogP contribution < -0.4 is 5.32 Å². The van der Waals surface area contributed by atoms with Crippen LogP contribution in [0.4, 0.5) is 0 Å². The van der Waals surface area contributed by atoms with E-state index in [1.54, 1.807) is 0 Å². The highest BCUT2D eigenvalue weighted by molar-refractivity contribution is 9.10. The molecule has 0 aliphatic rings. The third kappa shape index (κ3) is 4.33. The molecule has 0 bridgehead atoms. The van der Waals surface area contributed by atoms with Gasteiger partial charge in [0.15, 0.2) is 0 Å². The van der Waals surface area contributed by atoms with Crippen LogP contribution in [0, 0.1) is 0 Å². The fourth-order valence-electron chi connectivity index (χ4n) is 1.83. The second kappa shape index (κ2) is 6.29. The van der Waals surface area contributed by atoms with Gasteiger partial charge in [0.25, 0.3) is 0 Å². The molecule has 3 nitrogen and oxygen atoms in total. The average Bonchev–Trinajstić information content (AvgIpc) is 2.77. The summed E-state index contributed by atoms with van der Waals surface area (Å²) in [5, 5.41) is 4.22. The summed E-state index contributed by atoms with van der Waals surface area (Å²) in [6, 6.07) is 5.96. The predicted octanol–water partition coefficient (Wildman–Crippen LogP) is 4.24. The lowest BCUT2D eigenvalue weighted by molar-refractivity contribution is 0.413. The summed E-state index contributed by atoms with van der Waals surface area (Å²) >= 11 is 9.69. The number of aromatic nitrogens is 2. The molecule has 2 aromatic rings. The van der Waals surface area contributed by atoms with E-state index in [0.29, 0.717) is 0 Å². The number of rotatable bonds is 4. The Labute approximate surface area is 133 Å². The van der Waals surface area contributed by atoms with Crippen LogP contribution >= 0.6 is 27.5 Å². The monoisotopic (exact) mass is 355 g/mol. The number of imidazole rings is 1. The molecule has 1 aromatic heterocycles. The van der Waals surface area contributed by atoms with Gasteiger partial charge in [-0.25, -0.2) is 4.98 Å². The van der Waals surface area contributed by atoms with Crippen molar-refractivity contribution in [2.24, 2.45) is 0 Å². The second-order valence-corrected chi connectivity index (χ2v) is 7.13. The molecule has 0 saturated heterocycles. The summed E-state index contributed by atoms with van der Waals surface area (Å²) in [7, 11) is 0. The van der Waals surface area contributed by atoms with E-state index in [1.807, 2.05) is 30.6 Å². The third-order valence-corrected chi connectivity index (χ3v) is 3.78. The van der Waals surface area contributed by atoms with E-state index >= 15 is 0 Å². The van der Waals surface area contributed by atoms with Crippen LogP contribution in [0.15, 0.2) is 35.1 Å². The largest absolute Gasteiger partial charge is 0.329 e. The van der Waals surface area contributed by atoms with Gasteiger partial charge >= 0.3 is 0 Å². The Hall–Kier alpha value is -0.840. The van der Waals surface area contributed by atoms with Gasteiger partial charge in [-0.1, -0.05) is 33.6 Å². The first-order chi connectivity index (χ1) is 9.35. The van der Waals surface area contributed by atoms with Gasteiger partial charge in [-0.05, 0) is 38.5 Å². The van der Waals surface area contributed by atoms with Gasteiger partial charge < -0.3 is 9.88 Å². The summed E-state index contributed by atoms with van der Waals surface area (Å²) in [5.74, 6) is 1.01. The molecule has 2 rings (SSSR count). The molecule has 0 fully saturated rings. The minimum atomic E-state index is 0.0754. The van der Waals surface area contributed by atoms with Crippen LogP contribution in [0.3, 0.4) is 0 Å². The van der Waals surface area contributed by atoms with Crippen LogP contribution in [-0.4, -0.2) is 15.1 Å². The Morgan fingerprint density at radius 3 is 2.75 bits per heavy atom. The van der Waals surface area contributed by atoms with Crippen LogP contribution in [0.5, 0.6) is 0 Å². The Morgan fingerprint density at radius 2 is 2.10 bits per heavy atom. The van der Waals surface area contributed by atoms with E-state index in [4.69, 9.17) is 11.6 Å². The van der Waals surface area contributed by atoms with Gasteiger partial charge in [-0.3, -0.25) is 0 Å². The first kappa shape index (κ1) is 15.5. The van der Waals surface area contributed by atoms with Crippen LogP contribution in [0.1, 0.15) is 32.2 Å². The highest BCUT2D eigenvalue weighted by atomic mass is 79.9. The maximum atomic E-state index is 6.27.